The molecule has 3 aliphatic carbocycles. The van der Waals surface area contributed by atoms with E-state index in [1.807, 2.05) is 0 Å². The third kappa shape index (κ3) is 0.993. The zero-order valence-electron chi connectivity index (χ0n) is 12.8. The smallest absolute Gasteiger partial charge is 0.0668 e. The number of anilines is 1. The van der Waals surface area contributed by atoms with E-state index in [2.05, 4.69) is 46.6 Å². The Balaban J connectivity index is 1.70. The second-order valence-electron chi connectivity index (χ2n) is 8.11. The Hall–Kier alpha value is -1.32. The molecule has 1 saturated heterocycles. The van der Waals surface area contributed by atoms with Gasteiger partial charge in [0.1, 0.15) is 0 Å². The molecule has 4 fully saturated rings. The summed E-state index contributed by atoms with van der Waals surface area (Å²) in [6.07, 6.45) is 8.93. The molecular weight excluding hydrogens is 272 g/mol. The summed E-state index contributed by atoms with van der Waals surface area (Å²) in [7, 11) is 0. The van der Waals surface area contributed by atoms with Crippen molar-refractivity contribution in [3.63, 3.8) is 0 Å². The van der Waals surface area contributed by atoms with E-state index in [4.69, 9.17) is 0 Å². The molecule has 0 aromatic heterocycles. The van der Waals surface area contributed by atoms with E-state index in [1.165, 1.54) is 30.6 Å². The molecule has 22 heavy (non-hydrogen) atoms. The van der Waals surface area contributed by atoms with Crippen LogP contribution in [0, 0.1) is 5.41 Å². The fourth-order valence-corrected chi connectivity index (χ4v) is 7.03. The van der Waals surface area contributed by atoms with Crippen LogP contribution < -0.4 is 5.32 Å². The summed E-state index contributed by atoms with van der Waals surface area (Å²) >= 11 is 0. The van der Waals surface area contributed by atoms with E-state index in [0.717, 1.165) is 19.4 Å². The number of para-hydroxylation sites is 1. The van der Waals surface area contributed by atoms with Gasteiger partial charge in [0, 0.05) is 29.1 Å². The van der Waals surface area contributed by atoms with Gasteiger partial charge >= 0.3 is 0 Å². The van der Waals surface area contributed by atoms with Crippen LogP contribution in [0.15, 0.2) is 36.4 Å². The lowest BCUT2D eigenvalue weighted by atomic mass is 9.42. The van der Waals surface area contributed by atoms with Crippen LogP contribution in [-0.2, 0) is 5.41 Å². The minimum Gasteiger partial charge on any atom is -0.392 e. The Morgan fingerprint density at radius 1 is 1.18 bits per heavy atom. The minimum absolute atomic E-state index is 0.0182. The summed E-state index contributed by atoms with van der Waals surface area (Å²) < 4.78 is 0. The third-order valence-electron chi connectivity index (χ3n) is 7.69. The minimum atomic E-state index is -0.210. The number of hydrogen-bond donors (Lipinski definition) is 2. The van der Waals surface area contributed by atoms with Crippen molar-refractivity contribution in [3.8, 4) is 0 Å². The molecule has 5 atom stereocenters. The Morgan fingerprint density at radius 3 is 3.00 bits per heavy atom. The highest BCUT2D eigenvalue weighted by molar-refractivity contribution is 5.68. The maximum Gasteiger partial charge on any atom is 0.0668 e. The lowest BCUT2D eigenvalue weighted by molar-refractivity contribution is -0.131. The SMILES string of the molecule is O[C@H]1C[C@]23CC[C@]14C=CCN1CC[C@@]2(c2ccccc2N3)[C@@H]14. The first-order valence-corrected chi connectivity index (χ1v) is 8.69. The predicted molar refractivity (Wildman–Crippen MR) is 85.9 cm³/mol. The molecule has 2 bridgehead atoms. The molecule has 1 aromatic rings. The van der Waals surface area contributed by atoms with Gasteiger partial charge in [-0.3, -0.25) is 4.90 Å². The lowest BCUT2D eigenvalue weighted by Crippen LogP contribution is -2.76. The number of benzene rings is 1. The molecule has 114 valence electrons. The molecule has 6 aliphatic rings. The van der Waals surface area contributed by atoms with E-state index in [0.29, 0.717) is 6.04 Å². The molecular formula is C19H22N2O. The van der Waals surface area contributed by atoms with Crippen molar-refractivity contribution in [2.75, 3.05) is 18.4 Å². The van der Waals surface area contributed by atoms with Crippen LogP contribution >= 0.6 is 0 Å². The van der Waals surface area contributed by atoms with Crippen molar-refractivity contribution in [3.05, 3.63) is 42.0 Å². The first kappa shape index (κ1) is 12.1. The molecule has 1 aromatic carbocycles. The summed E-state index contributed by atoms with van der Waals surface area (Å²) in [5.41, 5.74) is 3.10. The average Bonchev–Trinajstić information content (AvgIpc) is 3.06. The van der Waals surface area contributed by atoms with Crippen molar-refractivity contribution in [2.45, 2.75) is 48.8 Å². The maximum absolute atomic E-state index is 11.0. The first-order valence-electron chi connectivity index (χ1n) is 8.69. The van der Waals surface area contributed by atoms with Crippen LogP contribution in [0.25, 0.3) is 0 Å². The van der Waals surface area contributed by atoms with Gasteiger partial charge in [-0.1, -0.05) is 30.4 Å². The second kappa shape index (κ2) is 3.44. The first-order chi connectivity index (χ1) is 10.7. The van der Waals surface area contributed by atoms with Crippen LogP contribution in [-0.4, -0.2) is 40.8 Å². The van der Waals surface area contributed by atoms with Crippen LogP contribution in [0.1, 0.15) is 31.2 Å². The van der Waals surface area contributed by atoms with Gasteiger partial charge in [0.15, 0.2) is 0 Å². The van der Waals surface area contributed by atoms with Gasteiger partial charge in [-0.25, -0.2) is 0 Å². The molecule has 3 saturated carbocycles. The van der Waals surface area contributed by atoms with Gasteiger partial charge in [0.2, 0.25) is 0 Å². The zero-order valence-corrected chi connectivity index (χ0v) is 12.8. The highest BCUT2D eigenvalue weighted by atomic mass is 16.3. The number of hydrogen-bond acceptors (Lipinski definition) is 3. The molecule has 3 heterocycles. The highest BCUT2D eigenvalue weighted by Crippen LogP contribution is 2.71. The Kier molecular flexibility index (Phi) is 1.90. The number of aliphatic hydroxyl groups excluding tert-OH is 1. The molecule has 7 rings (SSSR count). The summed E-state index contributed by atoms with van der Waals surface area (Å²) in [5, 5.41) is 15.0. The molecule has 0 amide bonds. The van der Waals surface area contributed by atoms with Crippen LogP contribution in [0.5, 0.6) is 0 Å². The standard InChI is InChI=1S/C19H22N2O/c22-15-12-18-8-7-17(15)6-3-10-21-11-9-19(18,16(17)21)13-4-1-2-5-14(13)20-18/h1-6,15-16,20,22H,7-12H2/t15-,16-,17+,18+,19+/m0/s1. The van der Waals surface area contributed by atoms with Gasteiger partial charge in [-0.15, -0.1) is 0 Å². The molecule has 2 N–H and O–H groups in total. The lowest BCUT2D eigenvalue weighted by Gasteiger charge is -2.67. The van der Waals surface area contributed by atoms with E-state index < -0.39 is 0 Å². The molecule has 3 nitrogen and oxygen atoms in total. The summed E-state index contributed by atoms with van der Waals surface area (Å²) in [4.78, 5) is 2.65. The predicted octanol–water partition coefficient (Wildman–Crippen LogP) is 2.28. The summed E-state index contributed by atoms with van der Waals surface area (Å²) in [5.74, 6) is 0. The Morgan fingerprint density at radius 2 is 2.09 bits per heavy atom. The molecule has 3 heteroatoms. The van der Waals surface area contributed by atoms with Gasteiger partial charge in [-0.05, 0) is 43.9 Å². The largest absolute Gasteiger partial charge is 0.392 e. The monoisotopic (exact) mass is 294 g/mol. The molecule has 0 radical (unpaired) electrons. The van der Waals surface area contributed by atoms with E-state index in [9.17, 15) is 5.11 Å². The average molecular weight is 294 g/mol. The van der Waals surface area contributed by atoms with Gasteiger partial charge in [0.05, 0.1) is 11.6 Å². The summed E-state index contributed by atoms with van der Waals surface area (Å²) in [6.45, 7) is 2.22. The van der Waals surface area contributed by atoms with Crippen molar-refractivity contribution >= 4 is 5.69 Å². The van der Waals surface area contributed by atoms with Gasteiger partial charge in [0.25, 0.3) is 0 Å². The number of nitrogens with one attached hydrogen (secondary N) is 1. The molecule has 3 spiro atoms. The third-order valence-corrected chi connectivity index (χ3v) is 7.69. The number of rotatable bonds is 0. The number of nitrogens with zero attached hydrogens (tertiary/aromatic N) is 1. The van der Waals surface area contributed by atoms with Gasteiger partial charge < -0.3 is 10.4 Å². The maximum atomic E-state index is 11.0. The number of fused-ring (bicyclic) bond motifs is 3. The fourth-order valence-electron chi connectivity index (χ4n) is 7.03. The van der Waals surface area contributed by atoms with Crippen LogP contribution in [0.2, 0.25) is 0 Å². The van der Waals surface area contributed by atoms with Crippen LogP contribution in [0.4, 0.5) is 5.69 Å². The second-order valence-corrected chi connectivity index (χ2v) is 8.11. The topological polar surface area (TPSA) is 35.5 Å². The van der Waals surface area contributed by atoms with E-state index in [-0.39, 0.29) is 22.5 Å². The van der Waals surface area contributed by atoms with Crippen molar-refractivity contribution < 1.29 is 5.11 Å². The summed E-state index contributed by atoms with van der Waals surface area (Å²) in [6, 6.07) is 9.40. The van der Waals surface area contributed by atoms with Crippen LogP contribution in [0.3, 0.4) is 0 Å². The van der Waals surface area contributed by atoms with Crippen molar-refractivity contribution in [1.29, 1.82) is 0 Å². The normalized spacial score (nSPS) is 50.4. The van der Waals surface area contributed by atoms with Gasteiger partial charge in [-0.2, -0.15) is 0 Å². The highest BCUT2D eigenvalue weighted by Gasteiger charge is 2.76. The fraction of sp³-hybridized carbons (Fsp3) is 0.579. The Labute approximate surface area is 131 Å². The molecule has 3 aliphatic heterocycles. The van der Waals surface area contributed by atoms with E-state index in [1.54, 1.807) is 0 Å². The van der Waals surface area contributed by atoms with Crippen molar-refractivity contribution in [1.82, 2.24) is 4.90 Å². The van der Waals surface area contributed by atoms with Crippen molar-refractivity contribution in [2.24, 2.45) is 5.41 Å². The number of aliphatic hydroxyl groups is 1. The quantitative estimate of drug-likeness (QED) is 0.721. The molecule has 0 unspecified atom stereocenters. The zero-order chi connectivity index (χ0) is 14.6. The Bertz CT molecular complexity index is 715. The van der Waals surface area contributed by atoms with E-state index >= 15 is 0 Å².